The second kappa shape index (κ2) is 13.7. The van der Waals surface area contributed by atoms with Gasteiger partial charge in [-0.2, -0.15) is 0 Å². The van der Waals surface area contributed by atoms with Gasteiger partial charge < -0.3 is 14.8 Å². The van der Waals surface area contributed by atoms with Gasteiger partial charge in [-0.05, 0) is 74.4 Å². The molecule has 1 atom stereocenters. The van der Waals surface area contributed by atoms with E-state index < -0.39 is 11.2 Å². The monoisotopic (exact) mass is 563 g/mol. The van der Waals surface area contributed by atoms with Gasteiger partial charge in [0.2, 0.25) is 11.8 Å². The second-order valence-electron chi connectivity index (χ2n) is 8.84. The number of thioether (sulfide) groups is 1. The summed E-state index contributed by atoms with van der Waals surface area (Å²) in [5.74, 6) is -0.702. The first-order valence-corrected chi connectivity index (χ1v) is 13.8. The largest absolute Gasteiger partial charge is 0.494 e. The second-order valence-corrected chi connectivity index (χ2v) is 10.0. The van der Waals surface area contributed by atoms with Crippen molar-refractivity contribution in [2.24, 2.45) is 4.99 Å². The Balaban J connectivity index is 1.55. The highest BCUT2D eigenvalue weighted by Gasteiger charge is 2.36. The fourth-order valence-electron chi connectivity index (χ4n) is 4.00. The van der Waals surface area contributed by atoms with Crippen molar-refractivity contribution in [3.63, 3.8) is 0 Å². The minimum atomic E-state index is -0.706. The molecule has 1 aliphatic heterocycles. The van der Waals surface area contributed by atoms with E-state index in [1.165, 1.54) is 23.9 Å². The topological polar surface area (TPSA) is 97.3 Å². The van der Waals surface area contributed by atoms with Crippen molar-refractivity contribution in [2.45, 2.75) is 31.9 Å². The molecule has 1 aliphatic rings. The molecule has 3 aromatic rings. The molecule has 1 fully saturated rings. The molecular formula is C30H30FN3O5S. The van der Waals surface area contributed by atoms with E-state index in [1.54, 1.807) is 72.5 Å². The van der Waals surface area contributed by atoms with E-state index in [9.17, 15) is 18.8 Å². The zero-order valence-corrected chi connectivity index (χ0v) is 23.1. The highest BCUT2D eigenvalue weighted by molar-refractivity contribution is 8.15. The Bertz CT molecular complexity index is 1380. The molecule has 1 saturated heterocycles. The van der Waals surface area contributed by atoms with Crippen molar-refractivity contribution in [3.05, 3.63) is 89.7 Å². The summed E-state index contributed by atoms with van der Waals surface area (Å²) in [5, 5.41) is 2.53. The lowest BCUT2D eigenvalue weighted by molar-refractivity contribution is -0.129. The number of nitrogens with one attached hydrogen (secondary N) is 1. The molecule has 3 aromatic carbocycles. The van der Waals surface area contributed by atoms with Crippen molar-refractivity contribution in [1.29, 1.82) is 0 Å². The smallest absolute Gasteiger partial charge is 0.338 e. The summed E-state index contributed by atoms with van der Waals surface area (Å²) in [6, 6.07) is 19.7. The highest BCUT2D eigenvalue weighted by Crippen LogP contribution is 2.31. The lowest BCUT2D eigenvalue weighted by atomic mass is 10.1. The van der Waals surface area contributed by atoms with Gasteiger partial charge in [-0.25, -0.2) is 14.2 Å². The van der Waals surface area contributed by atoms with Crippen molar-refractivity contribution >= 4 is 46.1 Å². The van der Waals surface area contributed by atoms with Crippen LogP contribution in [-0.4, -0.2) is 52.9 Å². The zero-order valence-electron chi connectivity index (χ0n) is 22.3. The average molecular weight is 564 g/mol. The third kappa shape index (κ3) is 7.69. The van der Waals surface area contributed by atoms with Gasteiger partial charge in [0.15, 0.2) is 5.17 Å². The van der Waals surface area contributed by atoms with E-state index in [1.807, 2.05) is 6.92 Å². The molecule has 1 N–H and O–H groups in total. The Morgan fingerprint density at radius 2 is 1.80 bits per heavy atom. The fraction of sp³-hybridized carbons (Fsp3) is 0.267. The number of benzene rings is 3. The molecule has 4 rings (SSSR count). The Kier molecular flexibility index (Phi) is 9.91. The van der Waals surface area contributed by atoms with Crippen LogP contribution in [0.25, 0.3) is 0 Å². The number of amides is 2. The SMILES string of the molecule is CCOC(=O)c1ccc(N=C2SC(C(=O)Nc3cccc(OCC)c3)CC(=O)N2CCc2ccc(F)cc2)cc1. The lowest BCUT2D eigenvalue weighted by Crippen LogP contribution is -2.46. The van der Waals surface area contributed by atoms with Gasteiger partial charge in [-0.1, -0.05) is 30.0 Å². The molecule has 10 heteroatoms. The molecule has 0 radical (unpaired) electrons. The van der Waals surface area contributed by atoms with Gasteiger partial charge >= 0.3 is 5.97 Å². The van der Waals surface area contributed by atoms with Gasteiger partial charge in [-0.3, -0.25) is 14.5 Å². The van der Waals surface area contributed by atoms with Gasteiger partial charge in [-0.15, -0.1) is 0 Å². The number of carbonyl (C=O) groups is 3. The minimum Gasteiger partial charge on any atom is -0.494 e. The van der Waals surface area contributed by atoms with Crippen LogP contribution in [-0.2, 0) is 20.7 Å². The maximum Gasteiger partial charge on any atom is 0.338 e. The third-order valence-electron chi connectivity index (χ3n) is 5.99. The van der Waals surface area contributed by atoms with Crippen LogP contribution in [0.5, 0.6) is 5.75 Å². The highest BCUT2D eigenvalue weighted by atomic mass is 32.2. The maximum atomic E-state index is 13.3. The number of esters is 1. The summed E-state index contributed by atoms with van der Waals surface area (Å²) in [4.78, 5) is 44.7. The quantitative estimate of drug-likeness (QED) is 0.323. The Morgan fingerprint density at radius 3 is 2.50 bits per heavy atom. The van der Waals surface area contributed by atoms with Crippen molar-refractivity contribution in [2.75, 3.05) is 25.1 Å². The third-order valence-corrected chi connectivity index (χ3v) is 7.17. The number of halogens is 1. The van der Waals surface area contributed by atoms with Crippen LogP contribution in [0, 0.1) is 5.82 Å². The molecule has 0 aromatic heterocycles. The molecule has 8 nitrogen and oxygen atoms in total. The van der Waals surface area contributed by atoms with Crippen molar-refractivity contribution in [3.8, 4) is 5.75 Å². The molecule has 40 heavy (non-hydrogen) atoms. The predicted molar refractivity (Wildman–Crippen MR) is 154 cm³/mol. The number of hydrogen-bond donors (Lipinski definition) is 1. The molecule has 1 heterocycles. The van der Waals surface area contributed by atoms with Gasteiger partial charge in [0.1, 0.15) is 16.8 Å². The molecule has 208 valence electrons. The van der Waals surface area contributed by atoms with Crippen LogP contribution in [0.3, 0.4) is 0 Å². The van der Waals surface area contributed by atoms with Crippen LogP contribution in [0.4, 0.5) is 15.8 Å². The molecule has 1 unspecified atom stereocenters. The van der Waals surface area contributed by atoms with Crippen LogP contribution >= 0.6 is 11.8 Å². The number of aliphatic imine (C=N–C) groups is 1. The van der Waals surface area contributed by atoms with E-state index in [0.717, 1.165) is 5.56 Å². The molecular weight excluding hydrogens is 533 g/mol. The lowest BCUT2D eigenvalue weighted by Gasteiger charge is -2.32. The van der Waals surface area contributed by atoms with Crippen LogP contribution in [0.15, 0.2) is 77.8 Å². The maximum absolute atomic E-state index is 13.3. The van der Waals surface area contributed by atoms with Gasteiger partial charge in [0, 0.05) is 24.7 Å². The number of nitrogens with zero attached hydrogens (tertiary/aromatic N) is 2. The fourth-order valence-corrected chi connectivity index (χ4v) is 5.13. The molecule has 0 saturated carbocycles. The van der Waals surface area contributed by atoms with Crippen LogP contribution < -0.4 is 10.1 Å². The molecule has 0 spiro atoms. The number of ether oxygens (including phenoxy) is 2. The Hall–Kier alpha value is -4.18. The summed E-state index contributed by atoms with van der Waals surface area (Å²) in [6.07, 6.45) is 0.473. The summed E-state index contributed by atoms with van der Waals surface area (Å²) < 4.78 is 23.9. The Labute approximate surface area is 236 Å². The number of hydrogen-bond acceptors (Lipinski definition) is 7. The Morgan fingerprint density at radius 1 is 1.05 bits per heavy atom. The zero-order chi connectivity index (χ0) is 28.5. The normalized spacial score (nSPS) is 16.1. The van der Waals surface area contributed by atoms with Crippen LogP contribution in [0.1, 0.15) is 36.2 Å². The van der Waals surface area contributed by atoms with Gasteiger partial charge in [0.25, 0.3) is 0 Å². The number of rotatable bonds is 10. The number of anilines is 1. The summed E-state index contributed by atoms with van der Waals surface area (Å²) in [7, 11) is 0. The summed E-state index contributed by atoms with van der Waals surface area (Å²) >= 11 is 1.20. The number of carbonyl (C=O) groups excluding carboxylic acids is 3. The van der Waals surface area contributed by atoms with Crippen molar-refractivity contribution in [1.82, 2.24) is 4.90 Å². The minimum absolute atomic E-state index is 0.00805. The van der Waals surface area contributed by atoms with Crippen LogP contribution in [0.2, 0.25) is 0 Å². The first kappa shape index (κ1) is 28.8. The molecule has 2 amide bonds. The first-order chi connectivity index (χ1) is 19.4. The molecule has 0 bridgehead atoms. The van der Waals surface area contributed by atoms with E-state index in [-0.39, 0.29) is 30.7 Å². The molecule has 0 aliphatic carbocycles. The average Bonchev–Trinajstić information content (AvgIpc) is 2.94. The van der Waals surface area contributed by atoms with E-state index in [4.69, 9.17) is 9.47 Å². The standard InChI is InChI=1S/C30H30FN3O5S/c1-3-38-25-7-5-6-24(18-25)32-28(36)26-19-27(35)34(17-16-20-8-12-22(31)13-9-20)30(40-26)33-23-14-10-21(11-15-23)29(37)39-4-2/h5-15,18,26H,3-4,16-17,19H2,1-2H3,(H,32,36). The van der Waals surface area contributed by atoms with Gasteiger partial charge in [0.05, 0.1) is 24.5 Å². The first-order valence-electron chi connectivity index (χ1n) is 13.0. The van der Waals surface area contributed by atoms with E-state index in [0.29, 0.717) is 47.4 Å². The predicted octanol–water partition coefficient (Wildman–Crippen LogP) is 5.60. The van der Waals surface area contributed by atoms with Crippen molar-refractivity contribution < 1.29 is 28.2 Å². The summed E-state index contributed by atoms with van der Waals surface area (Å²) in [5.41, 5.74) is 2.33. The van der Waals surface area contributed by atoms with E-state index in [2.05, 4.69) is 10.3 Å². The number of amidine groups is 1. The summed E-state index contributed by atoms with van der Waals surface area (Å²) in [6.45, 7) is 4.69. The van der Waals surface area contributed by atoms with E-state index >= 15 is 0 Å².